The van der Waals surface area contributed by atoms with Crippen LogP contribution in [0.2, 0.25) is 0 Å². The second-order valence-electron chi connectivity index (χ2n) is 5.10. The minimum absolute atomic E-state index is 0.0656. The van der Waals surface area contributed by atoms with E-state index in [1.54, 1.807) is 0 Å². The Morgan fingerprint density at radius 1 is 1.25 bits per heavy atom. The molecule has 0 aliphatic rings. The first kappa shape index (κ1) is 16.8. The minimum Gasteiger partial charge on any atom is -0.324 e. The summed E-state index contributed by atoms with van der Waals surface area (Å²) in [4.78, 5) is 16.8. The number of hydrogen-bond acceptors (Lipinski definition) is 3. The maximum atomic E-state index is 12.2. The van der Waals surface area contributed by atoms with Gasteiger partial charge in [-0.2, -0.15) is 0 Å². The molecule has 3 rings (SSSR count). The van der Waals surface area contributed by atoms with E-state index in [2.05, 4.69) is 37.4 Å². The Kier molecular flexibility index (Phi) is 5.37. The van der Waals surface area contributed by atoms with E-state index in [0.29, 0.717) is 12.3 Å². The number of anilines is 1. The van der Waals surface area contributed by atoms with Crippen LogP contribution in [0.25, 0.3) is 11.0 Å². The topological polar surface area (TPSA) is 46.9 Å². The quantitative estimate of drug-likeness (QED) is 0.480. The fraction of sp³-hybridized carbons (Fsp3) is 0.111. The summed E-state index contributed by atoms with van der Waals surface area (Å²) in [6.07, 6.45) is 1.83. The predicted octanol–water partition coefficient (Wildman–Crippen LogP) is 4.72. The third-order valence-electron chi connectivity index (χ3n) is 3.41. The highest BCUT2D eigenvalue weighted by Gasteiger charge is 2.12. The van der Waals surface area contributed by atoms with Crippen LogP contribution in [0.3, 0.4) is 0 Å². The number of para-hydroxylation sites is 3. The number of fused-ring (bicyclic) bond motifs is 1. The Labute approximate surface area is 153 Å². The van der Waals surface area contributed by atoms with Crippen LogP contribution in [0, 0.1) is 0 Å². The molecule has 0 bridgehead atoms. The highest BCUT2D eigenvalue weighted by Crippen LogP contribution is 2.25. The smallest absolute Gasteiger partial charge is 0.234 e. The first-order valence-corrected chi connectivity index (χ1v) is 9.20. The molecule has 1 N–H and O–H groups in total. The van der Waals surface area contributed by atoms with Gasteiger partial charge in [0.25, 0.3) is 0 Å². The van der Waals surface area contributed by atoms with Crippen LogP contribution in [0.5, 0.6) is 0 Å². The lowest BCUT2D eigenvalue weighted by molar-refractivity contribution is -0.113. The third-order valence-corrected chi connectivity index (χ3v) is 5.08. The lowest BCUT2D eigenvalue weighted by atomic mass is 10.3. The molecule has 1 amide bonds. The fourth-order valence-corrected chi connectivity index (χ4v) is 3.56. The molecular formula is C18H16BrN3OS. The first-order valence-electron chi connectivity index (χ1n) is 7.42. The van der Waals surface area contributed by atoms with Gasteiger partial charge < -0.3 is 9.88 Å². The molecule has 0 saturated heterocycles. The van der Waals surface area contributed by atoms with Crippen molar-refractivity contribution < 1.29 is 4.79 Å². The number of halogens is 1. The Morgan fingerprint density at radius 2 is 2.00 bits per heavy atom. The maximum Gasteiger partial charge on any atom is 0.234 e. The summed E-state index contributed by atoms with van der Waals surface area (Å²) in [5.74, 6) is 0.228. The Balaban J connectivity index is 1.73. The number of carbonyl (C=O) groups excluding carboxylic acids is 1. The fourth-order valence-electron chi connectivity index (χ4n) is 2.35. The molecule has 0 spiro atoms. The van der Waals surface area contributed by atoms with Gasteiger partial charge in [-0.05, 0) is 40.2 Å². The molecule has 0 fully saturated rings. The summed E-state index contributed by atoms with van der Waals surface area (Å²) in [6.45, 7) is 4.46. The van der Waals surface area contributed by atoms with E-state index in [1.807, 2.05) is 54.6 Å². The average Bonchev–Trinajstić information content (AvgIpc) is 2.93. The molecule has 1 heterocycles. The van der Waals surface area contributed by atoms with Gasteiger partial charge >= 0.3 is 0 Å². The molecule has 1 aromatic heterocycles. The van der Waals surface area contributed by atoms with Crippen molar-refractivity contribution >= 4 is 50.3 Å². The van der Waals surface area contributed by atoms with Crippen LogP contribution in [0.15, 0.2) is 70.8 Å². The standard InChI is InChI=1S/C18H16BrN3OS/c1-2-11-22-16-10-6-5-9-15(16)21-18(22)24-12-17(23)20-14-8-4-3-7-13(14)19/h2-10H,1,11-12H2,(H,20,23). The zero-order valence-corrected chi connectivity index (χ0v) is 15.3. The van der Waals surface area contributed by atoms with Gasteiger partial charge in [0.2, 0.25) is 5.91 Å². The monoisotopic (exact) mass is 401 g/mol. The SMILES string of the molecule is C=CCn1c(SCC(=O)Nc2ccccc2Br)nc2ccccc21. The summed E-state index contributed by atoms with van der Waals surface area (Å²) < 4.78 is 2.93. The second kappa shape index (κ2) is 7.68. The van der Waals surface area contributed by atoms with Crippen molar-refractivity contribution in [3.05, 3.63) is 65.7 Å². The molecular weight excluding hydrogens is 386 g/mol. The molecule has 4 nitrogen and oxygen atoms in total. The summed E-state index contributed by atoms with van der Waals surface area (Å²) >= 11 is 4.85. The van der Waals surface area contributed by atoms with Crippen molar-refractivity contribution in [1.82, 2.24) is 9.55 Å². The Bertz CT molecular complexity index is 891. The van der Waals surface area contributed by atoms with E-state index in [4.69, 9.17) is 0 Å². The Hall–Kier alpha value is -2.05. The molecule has 122 valence electrons. The number of nitrogens with one attached hydrogen (secondary N) is 1. The molecule has 0 aliphatic heterocycles. The first-order chi connectivity index (χ1) is 11.7. The van der Waals surface area contributed by atoms with Crippen molar-refractivity contribution in [2.75, 3.05) is 11.1 Å². The van der Waals surface area contributed by atoms with Crippen LogP contribution in [-0.2, 0) is 11.3 Å². The number of imidazole rings is 1. The van der Waals surface area contributed by atoms with Crippen LogP contribution in [0.4, 0.5) is 5.69 Å². The molecule has 0 unspecified atom stereocenters. The van der Waals surface area contributed by atoms with E-state index < -0.39 is 0 Å². The molecule has 0 aliphatic carbocycles. The molecule has 2 aromatic carbocycles. The number of carbonyl (C=O) groups is 1. The number of nitrogens with zero attached hydrogens (tertiary/aromatic N) is 2. The van der Waals surface area contributed by atoms with E-state index in [-0.39, 0.29) is 5.91 Å². The molecule has 0 saturated carbocycles. The maximum absolute atomic E-state index is 12.2. The number of aromatic nitrogens is 2. The van der Waals surface area contributed by atoms with Gasteiger partial charge in [0.05, 0.1) is 22.5 Å². The van der Waals surface area contributed by atoms with Gasteiger partial charge in [0, 0.05) is 11.0 Å². The van der Waals surface area contributed by atoms with Crippen LogP contribution in [0.1, 0.15) is 0 Å². The summed E-state index contributed by atoms with van der Waals surface area (Å²) in [6, 6.07) is 15.5. The van der Waals surface area contributed by atoms with Crippen LogP contribution in [-0.4, -0.2) is 21.2 Å². The van der Waals surface area contributed by atoms with Crippen molar-refractivity contribution in [2.24, 2.45) is 0 Å². The van der Waals surface area contributed by atoms with E-state index in [1.165, 1.54) is 11.8 Å². The van der Waals surface area contributed by atoms with Crippen molar-refractivity contribution in [1.29, 1.82) is 0 Å². The second-order valence-corrected chi connectivity index (χ2v) is 6.90. The number of benzene rings is 2. The zero-order valence-electron chi connectivity index (χ0n) is 12.9. The van der Waals surface area contributed by atoms with Crippen molar-refractivity contribution in [3.63, 3.8) is 0 Å². The lowest BCUT2D eigenvalue weighted by Crippen LogP contribution is -2.14. The van der Waals surface area contributed by atoms with Gasteiger partial charge in [-0.3, -0.25) is 4.79 Å². The molecule has 0 atom stereocenters. The summed E-state index contributed by atoms with van der Waals surface area (Å²) in [7, 11) is 0. The minimum atomic E-state index is -0.0656. The summed E-state index contributed by atoms with van der Waals surface area (Å²) in [5, 5.41) is 3.72. The van der Waals surface area contributed by atoms with Gasteiger partial charge in [-0.1, -0.05) is 42.1 Å². The van der Waals surface area contributed by atoms with Gasteiger partial charge in [-0.15, -0.1) is 6.58 Å². The number of allylic oxidation sites excluding steroid dienone is 1. The van der Waals surface area contributed by atoms with E-state index in [9.17, 15) is 4.79 Å². The van der Waals surface area contributed by atoms with Gasteiger partial charge in [0.15, 0.2) is 5.16 Å². The highest BCUT2D eigenvalue weighted by atomic mass is 79.9. The normalized spacial score (nSPS) is 10.7. The lowest BCUT2D eigenvalue weighted by Gasteiger charge is -2.08. The van der Waals surface area contributed by atoms with E-state index in [0.717, 1.165) is 26.3 Å². The van der Waals surface area contributed by atoms with Gasteiger partial charge in [0.1, 0.15) is 0 Å². The van der Waals surface area contributed by atoms with Gasteiger partial charge in [-0.25, -0.2) is 4.98 Å². The molecule has 24 heavy (non-hydrogen) atoms. The summed E-state index contributed by atoms with van der Waals surface area (Å²) in [5.41, 5.74) is 2.74. The predicted molar refractivity (Wildman–Crippen MR) is 103 cm³/mol. The Morgan fingerprint density at radius 3 is 2.79 bits per heavy atom. The third kappa shape index (κ3) is 3.71. The largest absolute Gasteiger partial charge is 0.324 e. The highest BCUT2D eigenvalue weighted by molar-refractivity contribution is 9.10. The van der Waals surface area contributed by atoms with E-state index >= 15 is 0 Å². The number of hydrogen-bond donors (Lipinski definition) is 1. The molecule has 3 aromatic rings. The average molecular weight is 402 g/mol. The van der Waals surface area contributed by atoms with Crippen LogP contribution < -0.4 is 5.32 Å². The zero-order chi connectivity index (χ0) is 16.9. The molecule has 6 heteroatoms. The van der Waals surface area contributed by atoms with Crippen molar-refractivity contribution in [3.8, 4) is 0 Å². The number of amides is 1. The number of rotatable bonds is 6. The molecule has 0 radical (unpaired) electrons. The van der Waals surface area contributed by atoms with Crippen LogP contribution >= 0.6 is 27.7 Å². The number of thioether (sulfide) groups is 1. The van der Waals surface area contributed by atoms with Crippen molar-refractivity contribution in [2.45, 2.75) is 11.7 Å².